The predicted molar refractivity (Wildman–Crippen MR) is 110 cm³/mol. The van der Waals surface area contributed by atoms with Gasteiger partial charge in [-0.3, -0.25) is 9.59 Å². The molecule has 0 aromatic carbocycles. The standard InChI is InChI=1S/C20H29N7O3/c1-11-21-8-7-13(22-11)24-14-9-15-26(10-20(2,3)4)18(29)16(19(30)27(15)25-14)17(28)23-12-5-6-12/h7-8,12,14-15,25,29H,5-6,9-10H2,1-4H3,(H,23,28)(H,21,22,24). The van der Waals surface area contributed by atoms with Gasteiger partial charge in [-0.2, -0.15) is 0 Å². The van der Waals surface area contributed by atoms with Crippen molar-refractivity contribution < 1.29 is 14.7 Å². The van der Waals surface area contributed by atoms with Gasteiger partial charge in [0, 0.05) is 25.2 Å². The van der Waals surface area contributed by atoms with E-state index in [1.54, 1.807) is 24.1 Å². The molecule has 2 amide bonds. The maximum atomic E-state index is 13.1. The molecule has 0 spiro atoms. The summed E-state index contributed by atoms with van der Waals surface area (Å²) >= 11 is 0. The summed E-state index contributed by atoms with van der Waals surface area (Å²) in [6, 6.07) is 1.84. The van der Waals surface area contributed by atoms with E-state index in [1.165, 1.54) is 5.01 Å². The summed E-state index contributed by atoms with van der Waals surface area (Å²) in [7, 11) is 0. The van der Waals surface area contributed by atoms with Gasteiger partial charge < -0.3 is 20.6 Å². The molecule has 1 aliphatic carbocycles. The smallest absolute Gasteiger partial charge is 0.281 e. The second kappa shape index (κ2) is 7.42. The molecule has 162 valence electrons. The van der Waals surface area contributed by atoms with E-state index in [1.807, 2.05) is 20.8 Å². The van der Waals surface area contributed by atoms with Gasteiger partial charge in [0.2, 0.25) is 5.88 Å². The highest BCUT2D eigenvalue weighted by Gasteiger charge is 2.49. The lowest BCUT2D eigenvalue weighted by molar-refractivity contribution is -0.142. The van der Waals surface area contributed by atoms with Crippen molar-refractivity contribution in [2.24, 2.45) is 5.41 Å². The van der Waals surface area contributed by atoms with E-state index >= 15 is 0 Å². The summed E-state index contributed by atoms with van der Waals surface area (Å²) in [5, 5.41) is 18.5. The van der Waals surface area contributed by atoms with Gasteiger partial charge in [-0.1, -0.05) is 20.8 Å². The Morgan fingerprint density at radius 2 is 2.10 bits per heavy atom. The summed E-state index contributed by atoms with van der Waals surface area (Å²) in [6.45, 7) is 8.43. The van der Waals surface area contributed by atoms with Crippen molar-refractivity contribution in [3.8, 4) is 0 Å². The fraction of sp³-hybridized carbons (Fsp3) is 0.600. The van der Waals surface area contributed by atoms with Crippen molar-refractivity contribution >= 4 is 17.6 Å². The Morgan fingerprint density at radius 3 is 2.73 bits per heavy atom. The number of nitrogens with one attached hydrogen (secondary N) is 3. The van der Waals surface area contributed by atoms with Crippen LogP contribution in [0, 0.1) is 12.3 Å². The van der Waals surface area contributed by atoms with Crippen LogP contribution in [-0.2, 0) is 9.59 Å². The molecule has 30 heavy (non-hydrogen) atoms. The number of aliphatic hydroxyl groups is 1. The van der Waals surface area contributed by atoms with Crippen LogP contribution < -0.4 is 16.1 Å². The summed E-state index contributed by atoms with van der Waals surface area (Å²) in [4.78, 5) is 36.0. The number of carbonyl (C=O) groups is 2. The van der Waals surface area contributed by atoms with Gasteiger partial charge in [-0.05, 0) is 31.2 Å². The van der Waals surface area contributed by atoms with Gasteiger partial charge in [0.25, 0.3) is 11.8 Å². The molecule has 4 N–H and O–H groups in total. The molecule has 0 radical (unpaired) electrons. The Kier molecular flexibility index (Phi) is 5.05. The molecule has 1 saturated heterocycles. The number of aliphatic hydroxyl groups excluding tert-OH is 1. The fourth-order valence-electron chi connectivity index (χ4n) is 3.77. The van der Waals surface area contributed by atoms with Gasteiger partial charge in [0.05, 0.1) is 6.17 Å². The van der Waals surface area contributed by atoms with Crippen LogP contribution in [0.5, 0.6) is 0 Å². The summed E-state index contributed by atoms with van der Waals surface area (Å²) in [5.41, 5.74) is 2.77. The fourth-order valence-corrected chi connectivity index (χ4v) is 3.77. The first kappa shape index (κ1) is 20.4. The van der Waals surface area contributed by atoms with Gasteiger partial charge >= 0.3 is 0 Å². The average Bonchev–Trinajstić information content (AvgIpc) is 3.34. The molecule has 2 atom stereocenters. The zero-order chi connectivity index (χ0) is 21.6. The van der Waals surface area contributed by atoms with Crippen LogP contribution in [0.25, 0.3) is 0 Å². The van der Waals surface area contributed by atoms with Crippen molar-refractivity contribution in [2.45, 2.75) is 65.3 Å². The number of hydrazine groups is 1. The Hall–Kier alpha value is -2.88. The monoisotopic (exact) mass is 415 g/mol. The highest BCUT2D eigenvalue weighted by Crippen LogP contribution is 2.33. The number of amides is 2. The number of hydrogen-bond acceptors (Lipinski definition) is 8. The van der Waals surface area contributed by atoms with Crippen LogP contribution in [0.2, 0.25) is 0 Å². The number of nitrogens with zero attached hydrogens (tertiary/aromatic N) is 4. The molecule has 1 saturated carbocycles. The van der Waals surface area contributed by atoms with Gasteiger partial charge in [0.15, 0.2) is 5.57 Å². The second-order valence-electron chi connectivity index (χ2n) is 9.34. The zero-order valence-corrected chi connectivity index (χ0v) is 17.8. The Balaban J connectivity index is 1.60. The number of aryl methyl sites for hydroxylation is 1. The van der Waals surface area contributed by atoms with Gasteiger partial charge in [-0.15, -0.1) is 0 Å². The third-order valence-corrected chi connectivity index (χ3v) is 5.21. The minimum absolute atomic E-state index is 0.0846. The molecular formula is C20H29N7O3. The molecule has 10 heteroatoms. The minimum atomic E-state index is -0.526. The minimum Gasteiger partial charge on any atom is -0.494 e. The first-order valence-electron chi connectivity index (χ1n) is 10.3. The normalized spacial score (nSPS) is 24.2. The number of fused-ring (bicyclic) bond motifs is 1. The number of anilines is 1. The highest BCUT2D eigenvalue weighted by atomic mass is 16.3. The molecule has 3 aliphatic rings. The first-order valence-corrected chi connectivity index (χ1v) is 10.3. The number of aromatic nitrogens is 2. The molecule has 2 aliphatic heterocycles. The number of carbonyl (C=O) groups excluding carboxylic acids is 2. The maximum Gasteiger partial charge on any atom is 0.281 e. The van der Waals surface area contributed by atoms with E-state index in [2.05, 4.69) is 26.0 Å². The van der Waals surface area contributed by atoms with E-state index in [4.69, 9.17) is 0 Å². The summed E-state index contributed by atoms with van der Waals surface area (Å²) < 4.78 is 0. The SMILES string of the molecule is Cc1nccc(NC2CC3N(CC(C)(C)C)C(O)=C(C(=O)NC4CC4)C(=O)N3N2)n1. The molecule has 10 nitrogen and oxygen atoms in total. The van der Waals surface area contributed by atoms with Crippen molar-refractivity contribution in [1.29, 1.82) is 0 Å². The molecule has 2 unspecified atom stereocenters. The van der Waals surface area contributed by atoms with E-state index in [0.717, 1.165) is 12.8 Å². The molecule has 4 rings (SSSR count). The Labute approximate surface area is 175 Å². The molecule has 1 aromatic heterocycles. The molecule has 2 fully saturated rings. The zero-order valence-electron chi connectivity index (χ0n) is 17.8. The van der Waals surface area contributed by atoms with Crippen LogP contribution in [0.4, 0.5) is 5.82 Å². The van der Waals surface area contributed by atoms with Crippen LogP contribution in [0.3, 0.4) is 0 Å². The third-order valence-electron chi connectivity index (χ3n) is 5.21. The van der Waals surface area contributed by atoms with Gasteiger partial charge in [0.1, 0.15) is 17.8 Å². The van der Waals surface area contributed by atoms with E-state index in [0.29, 0.717) is 24.6 Å². The first-order chi connectivity index (χ1) is 14.1. The summed E-state index contributed by atoms with van der Waals surface area (Å²) in [6.07, 6.45) is 3.25. The predicted octanol–water partition coefficient (Wildman–Crippen LogP) is 0.996. The van der Waals surface area contributed by atoms with Crippen molar-refractivity contribution in [3.05, 3.63) is 29.5 Å². The van der Waals surface area contributed by atoms with Crippen LogP contribution in [0.1, 0.15) is 45.9 Å². The molecular weight excluding hydrogens is 386 g/mol. The van der Waals surface area contributed by atoms with Crippen molar-refractivity contribution in [1.82, 2.24) is 30.6 Å². The van der Waals surface area contributed by atoms with Crippen LogP contribution >= 0.6 is 0 Å². The molecule has 3 heterocycles. The van der Waals surface area contributed by atoms with Crippen molar-refractivity contribution in [2.75, 3.05) is 11.9 Å². The number of rotatable bonds is 5. The Morgan fingerprint density at radius 1 is 1.37 bits per heavy atom. The maximum absolute atomic E-state index is 13.1. The molecule has 0 bridgehead atoms. The lowest BCUT2D eigenvalue weighted by atomic mass is 9.95. The van der Waals surface area contributed by atoms with Crippen LogP contribution in [0.15, 0.2) is 23.7 Å². The lowest BCUT2D eigenvalue weighted by Gasteiger charge is -2.42. The van der Waals surface area contributed by atoms with Crippen molar-refractivity contribution in [3.63, 3.8) is 0 Å². The Bertz CT molecular complexity index is 891. The highest BCUT2D eigenvalue weighted by molar-refractivity contribution is 6.19. The quantitative estimate of drug-likeness (QED) is 0.525. The van der Waals surface area contributed by atoms with E-state index in [9.17, 15) is 14.7 Å². The average molecular weight is 415 g/mol. The number of hydrogen-bond donors (Lipinski definition) is 4. The largest absolute Gasteiger partial charge is 0.494 e. The topological polar surface area (TPSA) is 123 Å². The summed E-state index contributed by atoms with van der Waals surface area (Å²) in [5.74, 6) is -0.0290. The van der Waals surface area contributed by atoms with Gasteiger partial charge in [-0.25, -0.2) is 20.4 Å². The lowest BCUT2D eigenvalue weighted by Crippen LogP contribution is -2.58. The van der Waals surface area contributed by atoms with E-state index < -0.39 is 18.0 Å². The van der Waals surface area contributed by atoms with Crippen LogP contribution in [-0.4, -0.2) is 61.7 Å². The second-order valence-corrected chi connectivity index (χ2v) is 9.34. The van der Waals surface area contributed by atoms with E-state index in [-0.39, 0.29) is 29.1 Å². The molecule has 1 aromatic rings. The third kappa shape index (κ3) is 4.18.